The molecule has 0 amide bonds. The third-order valence-corrected chi connectivity index (χ3v) is 4.56. The first-order chi connectivity index (χ1) is 12.8. The molecule has 2 N–H and O–H groups in total. The molecule has 0 saturated carbocycles. The number of hydrogen-bond acceptors (Lipinski definition) is 4. The molecule has 0 aliphatic carbocycles. The molecule has 138 valence electrons. The predicted molar refractivity (Wildman–Crippen MR) is 113 cm³/mol. The lowest BCUT2D eigenvalue weighted by molar-refractivity contribution is 0.117. The molecule has 4 nitrogen and oxygen atoms in total. The summed E-state index contributed by atoms with van der Waals surface area (Å²) in [7, 11) is 0. The molecular weight excluding hydrogens is 342 g/mol. The second-order valence-electron chi connectivity index (χ2n) is 5.96. The van der Waals surface area contributed by atoms with Gasteiger partial charge in [-0.1, -0.05) is 80.1 Å². The van der Waals surface area contributed by atoms with E-state index in [1.54, 1.807) is 6.21 Å². The fourth-order valence-corrected chi connectivity index (χ4v) is 2.93. The monoisotopic (exact) mass is 369 g/mol. The summed E-state index contributed by atoms with van der Waals surface area (Å²) in [5, 5.41) is 8.61. The topological polar surface area (TPSA) is 60.0 Å². The summed E-state index contributed by atoms with van der Waals surface area (Å²) in [4.78, 5) is 0. The normalized spacial score (nSPS) is 12.0. The number of rotatable bonds is 10. The number of nitrogens with two attached hydrogens (primary N) is 1. The zero-order valence-electron chi connectivity index (χ0n) is 15.3. The van der Waals surface area contributed by atoms with Gasteiger partial charge in [0.2, 0.25) is 0 Å². The Morgan fingerprint density at radius 1 is 1.08 bits per heavy atom. The second-order valence-corrected chi connectivity index (χ2v) is 6.96. The van der Waals surface area contributed by atoms with Crippen LogP contribution in [-0.2, 0) is 17.1 Å². The average molecular weight is 370 g/mol. The van der Waals surface area contributed by atoms with Crippen molar-refractivity contribution in [2.24, 2.45) is 15.9 Å². The molecule has 0 bridgehead atoms. The summed E-state index contributed by atoms with van der Waals surface area (Å²) >= 11 is 1.48. The van der Waals surface area contributed by atoms with Gasteiger partial charge < -0.3 is 10.5 Å². The number of ether oxygens (including phenoxy) is 1. The molecule has 0 aliphatic rings. The summed E-state index contributed by atoms with van der Waals surface area (Å²) in [6, 6.07) is 18.3. The van der Waals surface area contributed by atoms with Crippen LogP contribution < -0.4 is 5.73 Å². The maximum absolute atomic E-state index is 5.90. The Hall–Kier alpha value is -2.11. The molecule has 0 unspecified atom stereocenters. The van der Waals surface area contributed by atoms with Gasteiger partial charge in [-0.05, 0) is 29.2 Å². The summed E-state index contributed by atoms with van der Waals surface area (Å²) in [5.41, 5.74) is 9.24. The molecule has 2 aromatic carbocycles. The van der Waals surface area contributed by atoms with Gasteiger partial charge in [-0.3, -0.25) is 0 Å². The van der Waals surface area contributed by atoms with Crippen LogP contribution in [0.4, 0.5) is 0 Å². The van der Waals surface area contributed by atoms with Crippen LogP contribution in [0.2, 0.25) is 0 Å². The van der Waals surface area contributed by atoms with Crippen LogP contribution in [0.15, 0.2) is 64.8 Å². The van der Waals surface area contributed by atoms with Crippen molar-refractivity contribution in [3.05, 3.63) is 71.3 Å². The van der Waals surface area contributed by atoms with Crippen LogP contribution in [0.1, 0.15) is 42.9 Å². The maximum atomic E-state index is 5.90. The smallest absolute Gasteiger partial charge is 0.180 e. The van der Waals surface area contributed by atoms with Crippen LogP contribution in [-0.4, -0.2) is 18.0 Å². The SMILES string of the molecule is CCCCCOCc1cccc(C=NN=C(N)SCc2ccccc2)c1. The lowest BCUT2D eigenvalue weighted by Crippen LogP contribution is -2.06. The molecule has 0 heterocycles. The van der Waals surface area contributed by atoms with Gasteiger partial charge in [-0.15, -0.1) is 5.10 Å². The number of unbranched alkanes of at least 4 members (excludes halogenated alkanes) is 2. The van der Waals surface area contributed by atoms with Crippen LogP contribution in [0.5, 0.6) is 0 Å². The second kappa shape index (κ2) is 12.3. The van der Waals surface area contributed by atoms with Crippen molar-refractivity contribution in [3.63, 3.8) is 0 Å². The van der Waals surface area contributed by atoms with Crippen molar-refractivity contribution in [3.8, 4) is 0 Å². The Balaban J connectivity index is 1.78. The van der Waals surface area contributed by atoms with E-state index in [1.807, 2.05) is 30.3 Å². The Bertz CT molecular complexity index is 701. The highest BCUT2D eigenvalue weighted by molar-refractivity contribution is 8.13. The first-order valence-corrected chi connectivity index (χ1v) is 9.96. The van der Waals surface area contributed by atoms with E-state index in [4.69, 9.17) is 10.5 Å². The fraction of sp³-hybridized carbons (Fsp3) is 0.333. The minimum Gasteiger partial charge on any atom is -0.377 e. The lowest BCUT2D eigenvalue weighted by atomic mass is 10.1. The van der Waals surface area contributed by atoms with Crippen LogP contribution in [0.25, 0.3) is 0 Å². The Morgan fingerprint density at radius 3 is 2.69 bits per heavy atom. The van der Waals surface area contributed by atoms with Crippen LogP contribution in [0, 0.1) is 0 Å². The number of benzene rings is 2. The van der Waals surface area contributed by atoms with Gasteiger partial charge in [-0.2, -0.15) is 5.10 Å². The Labute approximate surface area is 160 Å². The zero-order chi connectivity index (χ0) is 18.5. The highest BCUT2D eigenvalue weighted by atomic mass is 32.2. The van der Waals surface area contributed by atoms with Gasteiger partial charge in [0.25, 0.3) is 0 Å². The molecule has 2 aromatic rings. The van der Waals surface area contributed by atoms with Crippen molar-refractivity contribution in [2.45, 2.75) is 38.5 Å². The van der Waals surface area contributed by atoms with E-state index in [-0.39, 0.29) is 0 Å². The maximum Gasteiger partial charge on any atom is 0.180 e. The number of thioether (sulfide) groups is 1. The zero-order valence-corrected chi connectivity index (χ0v) is 16.1. The highest BCUT2D eigenvalue weighted by Gasteiger charge is 1.97. The van der Waals surface area contributed by atoms with Gasteiger partial charge in [-0.25, -0.2) is 0 Å². The largest absolute Gasteiger partial charge is 0.377 e. The predicted octanol–water partition coefficient (Wildman–Crippen LogP) is 4.98. The summed E-state index contributed by atoms with van der Waals surface area (Å²) in [6.07, 6.45) is 5.26. The van der Waals surface area contributed by atoms with Gasteiger partial charge in [0.1, 0.15) is 0 Å². The third-order valence-electron chi connectivity index (χ3n) is 3.70. The number of hydrogen-bond donors (Lipinski definition) is 1. The van der Waals surface area contributed by atoms with E-state index in [9.17, 15) is 0 Å². The van der Waals surface area contributed by atoms with E-state index in [1.165, 1.54) is 30.2 Å². The molecule has 0 aliphatic heterocycles. The van der Waals surface area contributed by atoms with Crippen LogP contribution >= 0.6 is 11.8 Å². The average Bonchev–Trinajstić information content (AvgIpc) is 2.67. The molecule has 0 fully saturated rings. The molecule has 0 aromatic heterocycles. The molecule has 0 radical (unpaired) electrons. The Kier molecular flexibility index (Phi) is 9.54. The summed E-state index contributed by atoms with van der Waals surface area (Å²) < 4.78 is 5.70. The number of amidine groups is 1. The molecule has 26 heavy (non-hydrogen) atoms. The third kappa shape index (κ3) is 8.32. The molecule has 0 atom stereocenters. The fourth-order valence-electron chi connectivity index (χ4n) is 2.32. The first kappa shape index (κ1) is 20.2. The quantitative estimate of drug-likeness (QED) is 0.278. The first-order valence-electron chi connectivity index (χ1n) is 8.98. The van der Waals surface area contributed by atoms with E-state index in [0.717, 1.165) is 29.9 Å². The van der Waals surface area contributed by atoms with Crippen LogP contribution in [0.3, 0.4) is 0 Å². The van der Waals surface area contributed by atoms with Crippen molar-refractivity contribution in [2.75, 3.05) is 6.61 Å². The van der Waals surface area contributed by atoms with Gasteiger partial charge >= 0.3 is 0 Å². The van der Waals surface area contributed by atoms with E-state index in [0.29, 0.717) is 11.8 Å². The minimum absolute atomic E-state index is 0.459. The van der Waals surface area contributed by atoms with Gasteiger partial charge in [0.05, 0.1) is 12.8 Å². The van der Waals surface area contributed by atoms with Gasteiger partial charge in [0, 0.05) is 12.4 Å². The molecule has 0 saturated heterocycles. The minimum atomic E-state index is 0.459. The van der Waals surface area contributed by atoms with Crippen molar-refractivity contribution in [1.82, 2.24) is 0 Å². The lowest BCUT2D eigenvalue weighted by Gasteiger charge is -2.04. The Morgan fingerprint density at radius 2 is 1.88 bits per heavy atom. The van der Waals surface area contributed by atoms with E-state index >= 15 is 0 Å². The number of nitrogens with zero attached hydrogens (tertiary/aromatic N) is 2. The summed E-state index contributed by atoms with van der Waals surface area (Å²) in [5.74, 6) is 0.788. The van der Waals surface area contributed by atoms with E-state index in [2.05, 4.69) is 41.4 Å². The van der Waals surface area contributed by atoms with Crippen molar-refractivity contribution in [1.29, 1.82) is 0 Å². The molecule has 5 heteroatoms. The molecule has 0 spiro atoms. The van der Waals surface area contributed by atoms with Gasteiger partial charge in [0.15, 0.2) is 5.17 Å². The molecule has 2 rings (SSSR count). The standard InChI is InChI=1S/C21H27N3OS/c1-2-3-7-13-25-16-20-12-8-11-19(14-20)15-23-24-21(22)26-17-18-9-5-4-6-10-18/h4-6,8-12,14-15H,2-3,7,13,16-17H2,1H3,(H2,22,24). The highest BCUT2D eigenvalue weighted by Crippen LogP contribution is 2.11. The summed E-state index contributed by atoms with van der Waals surface area (Å²) in [6.45, 7) is 3.63. The molecular formula is C21H27N3OS. The van der Waals surface area contributed by atoms with Crippen molar-refractivity contribution < 1.29 is 4.74 Å². The van der Waals surface area contributed by atoms with E-state index < -0.39 is 0 Å². The van der Waals surface area contributed by atoms with Crippen molar-refractivity contribution >= 4 is 23.1 Å².